The van der Waals surface area contributed by atoms with Crippen LogP contribution in [-0.4, -0.2) is 32.1 Å². The van der Waals surface area contributed by atoms with Gasteiger partial charge in [0.25, 0.3) is 5.91 Å². The third kappa shape index (κ3) is 6.30. The molecule has 6 nitrogen and oxygen atoms in total. The van der Waals surface area contributed by atoms with Crippen molar-refractivity contribution in [1.82, 2.24) is 0 Å². The number of esters is 1. The number of carbonyl (C=O) groups excluding carboxylic acids is 2. The van der Waals surface area contributed by atoms with Gasteiger partial charge in [-0.25, -0.2) is 9.18 Å². The summed E-state index contributed by atoms with van der Waals surface area (Å²) in [5.41, 5.74) is 1.95. The first-order chi connectivity index (χ1) is 16.5. The fourth-order valence-electron chi connectivity index (χ4n) is 3.28. The summed E-state index contributed by atoms with van der Waals surface area (Å²) >= 11 is 0. The van der Waals surface area contributed by atoms with E-state index in [2.05, 4.69) is 0 Å². The minimum absolute atomic E-state index is 0.0695. The maximum absolute atomic E-state index is 13.3. The molecule has 0 saturated carbocycles. The number of benzene rings is 3. The van der Waals surface area contributed by atoms with Crippen molar-refractivity contribution in [3.05, 3.63) is 95.8 Å². The van der Waals surface area contributed by atoms with Crippen LogP contribution in [0, 0.1) is 17.1 Å². The van der Waals surface area contributed by atoms with Crippen LogP contribution >= 0.6 is 0 Å². The van der Waals surface area contributed by atoms with Gasteiger partial charge in [0, 0.05) is 17.8 Å². The quantitative estimate of drug-likeness (QED) is 0.260. The molecule has 0 N–H and O–H groups in total. The van der Waals surface area contributed by atoms with Crippen molar-refractivity contribution in [2.75, 3.05) is 25.2 Å². The lowest BCUT2D eigenvalue weighted by Gasteiger charge is -2.22. The summed E-state index contributed by atoms with van der Waals surface area (Å²) in [6, 6.07) is 23.5. The number of rotatable bonds is 9. The highest BCUT2D eigenvalue weighted by Gasteiger charge is 2.20. The van der Waals surface area contributed by atoms with Gasteiger partial charge in [-0.05, 0) is 42.0 Å². The van der Waals surface area contributed by atoms with Crippen molar-refractivity contribution >= 4 is 29.2 Å². The summed E-state index contributed by atoms with van der Waals surface area (Å²) in [6.45, 7) is -0.459. The molecule has 7 heteroatoms. The Bertz CT molecular complexity index is 1200. The molecule has 34 heavy (non-hydrogen) atoms. The topological polar surface area (TPSA) is 79.6 Å². The van der Waals surface area contributed by atoms with E-state index in [0.29, 0.717) is 22.6 Å². The minimum atomic E-state index is -0.690. The second-order valence-electron chi connectivity index (χ2n) is 7.17. The molecule has 0 radical (unpaired) electrons. The van der Waals surface area contributed by atoms with Crippen LogP contribution in [0.1, 0.15) is 17.5 Å². The zero-order valence-electron chi connectivity index (χ0n) is 18.6. The first-order valence-corrected chi connectivity index (χ1v) is 10.5. The number of amides is 1. The van der Waals surface area contributed by atoms with Gasteiger partial charge in [-0.2, -0.15) is 5.26 Å². The lowest BCUT2D eigenvalue weighted by molar-refractivity contribution is -0.142. The maximum Gasteiger partial charge on any atom is 0.339 e. The Kier molecular flexibility index (Phi) is 8.53. The molecule has 0 aliphatic heterocycles. The lowest BCUT2D eigenvalue weighted by atomic mass is 10.0. The number of para-hydroxylation sites is 1. The molecule has 0 fully saturated rings. The average Bonchev–Trinajstić information content (AvgIpc) is 2.87. The van der Waals surface area contributed by atoms with Gasteiger partial charge < -0.3 is 14.4 Å². The maximum atomic E-state index is 13.3. The standard InChI is InChI=1S/C27H23FN2O4/c1-33-25-11-6-5-10-21(25)18-24(20-8-3-2-4-9-20)27(32)34-19-26(31)30(17-7-16-29)23-14-12-22(28)13-15-23/h2-6,8-15,18H,7,17,19H2,1H3. The Morgan fingerprint density at radius 2 is 1.68 bits per heavy atom. The van der Waals surface area contributed by atoms with Gasteiger partial charge in [0.15, 0.2) is 6.61 Å². The smallest absolute Gasteiger partial charge is 0.339 e. The summed E-state index contributed by atoms with van der Waals surface area (Å²) in [5, 5.41) is 8.94. The number of nitriles is 1. The highest BCUT2D eigenvalue weighted by Crippen LogP contribution is 2.25. The van der Waals surface area contributed by atoms with Crippen LogP contribution < -0.4 is 9.64 Å². The van der Waals surface area contributed by atoms with Gasteiger partial charge in [0.05, 0.1) is 25.2 Å². The highest BCUT2D eigenvalue weighted by atomic mass is 19.1. The van der Waals surface area contributed by atoms with Crippen LogP contribution in [0.25, 0.3) is 11.6 Å². The predicted octanol–water partition coefficient (Wildman–Crippen LogP) is 4.86. The highest BCUT2D eigenvalue weighted by molar-refractivity contribution is 6.22. The third-order valence-corrected chi connectivity index (χ3v) is 4.96. The van der Waals surface area contributed by atoms with Crippen LogP contribution in [-0.2, 0) is 14.3 Å². The van der Waals surface area contributed by atoms with Gasteiger partial charge in [-0.15, -0.1) is 0 Å². The molecular weight excluding hydrogens is 435 g/mol. The van der Waals surface area contributed by atoms with Crippen LogP contribution in [0.2, 0.25) is 0 Å². The van der Waals surface area contributed by atoms with Crippen molar-refractivity contribution in [2.24, 2.45) is 0 Å². The van der Waals surface area contributed by atoms with E-state index in [1.54, 1.807) is 42.5 Å². The molecule has 0 unspecified atom stereocenters. The first-order valence-electron chi connectivity index (χ1n) is 10.5. The molecule has 0 atom stereocenters. The van der Waals surface area contributed by atoms with Crippen LogP contribution in [0.4, 0.5) is 10.1 Å². The molecule has 0 aliphatic carbocycles. The van der Waals surface area contributed by atoms with E-state index < -0.39 is 24.3 Å². The molecule has 172 valence electrons. The predicted molar refractivity (Wildman–Crippen MR) is 127 cm³/mol. The zero-order chi connectivity index (χ0) is 24.3. The molecule has 3 aromatic rings. The minimum Gasteiger partial charge on any atom is -0.496 e. The Morgan fingerprint density at radius 1 is 1.00 bits per heavy atom. The van der Waals surface area contributed by atoms with Gasteiger partial charge in [-0.1, -0.05) is 48.5 Å². The van der Waals surface area contributed by atoms with Crippen molar-refractivity contribution < 1.29 is 23.5 Å². The summed E-state index contributed by atoms with van der Waals surface area (Å²) < 4.78 is 24.1. The number of nitrogens with zero attached hydrogens (tertiary/aromatic N) is 2. The molecule has 0 heterocycles. The average molecular weight is 458 g/mol. The lowest BCUT2D eigenvalue weighted by Crippen LogP contribution is -2.35. The monoisotopic (exact) mass is 458 g/mol. The van der Waals surface area contributed by atoms with E-state index in [-0.39, 0.29) is 18.5 Å². The Labute approximate surface area is 197 Å². The van der Waals surface area contributed by atoms with Crippen molar-refractivity contribution in [2.45, 2.75) is 6.42 Å². The van der Waals surface area contributed by atoms with Crippen LogP contribution in [0.3, 0.4) is 0 Å². The second-order valence-corrected chi connectivity index (χ2v) is 7.17. The van der Waals surface area contributed by atoms with E-state index >= 15 is 0 Å². The number of methoxy groups -OCH3 is 1. The summed E-state index contributed by atoms with van der Waals surface area (Å²) in [5.74, 6) is -1.08. The summed E-state index contributed by atoms with van der Waals surface area (Å²) in [7, 11) is 1.54. The molecule has 0 saturated heterocycles. The molecule has 3 aromatic carbocycles. The normalized spacial score (nSPS) is 10.8. The van der Waals surface area contributed by atoms with Gasteiger partial charge in [0.2, 0.25) is 0 Å². The molecule has 3 rings (SSSR count). The Hall–Kier alpha value is -4.44. The number of halogens is 1. The first kappa shape index (κ1) is 24.2. The molecule has 0 bridgehead atoms. The van der Waals surface area contributed by atoms with Gasteiger partial charge in [-0.3, -0.25) is 4.79 Å². The van der Waals surface area contributed by atoms with Crippen molar-refractivity contribution in [1.29, 1.82) is 5.26 Å². The van der Waals surface area contributed by atoms with Crippen LogP contribution in [0.5, 0.6) is 5.75 Å². The zero-order valence-corrected chi connectivity index (χ0v) is 18.6. The number of anilines is 1. The van der Waals surface area contributed by atoms with E-state index in [0.717, 1.165) is 0 Å². The molecular formula is C27H23FN2O4. The Balaban J connectivity index is 1.83. The molecule has 0 aliphatic rings. The summed E-state index contributed by atoms with van der Waals surface area (Å²) in [6.07, 6.45) is 1.72. The van der Waals surface area contributed by atoms with E-state index in [1.807, 2.05) is 24.3 Å². The largest absolute Gasteiger partial charge is 0.496 e. The molecule has 0 aromatic heterocycles. The van der Waals surface area contributed by atoms with Gasteiger partial charge in [0.1, 0.15) is 11.6 Å². The fourth-order valence-corrected chi connectivity index (χ4v) is 3.28. The van der Waals surface area contributed by atoms with E-state index in [9.17, 15) is 14.0 Å². The third-order valence-electron chi connectivity index (χ3n) is 4.96. The van der Waals surface area contributed by atoms with Crippen molar-refractivity contribution in [3.63, 3.8) is 0 Å². The Morgan fingerprint density at radius 3 is 2.35 bits per heavy atom. The van der Waals surface area contributed by atoms with Gasteiger partial charge >= 0.3 is 5.97 Å². The fraction of sp³-hybridized carbons (Fsp3) is 0.148. The number of carbonyl (C=O) groups is 2. The van der Waals surface area contributed by atoms with E-state index in [4.69, 9.17) is 14.7 Å². The summed E-state index contributed by atoms with van der Waals surface area (Å²) in [4.78, 5) is 27.2. The number of hydrogen-bond donors (Lipinski definition) is 0. The van der Waals surface area contributed by atoms with Crippen LogP contribution in [0.15, 0.2) is 78.9 Å². The van der Waals surface area contributed by atoms with Crippen molar-refractivity contribution in [3.8, 4) is 11.8 Å². The molecule has 1 amide bonds. The molecule has 0 spiro atoms. The second kappa shape index (κ2) is 12.0. The number of hydrogen-bond acceptors (Lipinski definition) is 5. The number of ether oxygens (including phenoxy) is 2. The van der Waals surface area contributed by atoms with E-state index in [1.165, 1.54) is 36.3 Å². The SMILES string of the molecule is COc1ccccc1C=C(C(=O)OCC(=O)N(CCC#N)c1ccc(F)cc1)c1ccccc1.